The smallest absolute Gasteiger partial charge is 0.107 e. The van der Waals surface area contributed by atoms with Crippen LogP contribution in [-0.4, -0.2) is 9.97 Å². The number of halogens is 1. The molecule has 90 valence electrons. The predicted molar refractivity (Wildman–Crippen MR) is 74.1 cm³/mol. The van der Waals surface area contributed by atoms with Crippen molar-refractivity contribution in [2.45, 2.75) is 38.5 Å². The van der Waals surface area contributed by atoms with E-state index in [9.17, 15) is 0 Å². The first-order valence-corrected chi connectivity index (χ1v) is 7.25. The molecule has 0 unspecified atom stereocenters. The molecule has 3 heteroatoms. The molecule has 3 rings (SSSR count). The van der Waals surface area contributed by atoms with Crippen LogP contribution in [0, 0.1) is 5.92 Å². The van der Waals surface area contributed by atoms with Gasteiger partial charge in [0, 0.05) is 10.9 Å². The number of hydrogen-bond donors (Lipinski definition) is 1. The second kappa shape index (κ2) is 4.81. The monoisotopic (exact) mass is 292 g/mol. The van der Waals surface area contributed by atoms with Gasteiger partial charge in [0.2, 0.25) is 0 Å². The first-order valence-electron chi connectivity index (χ1n) is 6.45. The topological polar surface area (TPSA) is 28.7 Å². The van der Waals surface area contributed by atoms with Gasteiger partial charge < -0.3 is 4.98 Å². The Morgan fingerprint density at radius 2 is 2.06 bits per heavy atom. The summed E-state index contributed by atoms with van der Waals surface area (Å²) in [6, 6.07) is 6.22. The molecule has 17 heavy (non-hydrogen) atoms. The summed E-state index contributed by atoms with van der Waals surface area (Å²) in [5, 5.41) is 0. The van der Waals surface area contributed by atoms with Crippen LogP contribution in [0.15, 0.2) is 22.7 Å². The third-order valence-electron chi connectivity index (χ3n) is 3.70. The number of rotatable bonds is 2. The molecule has 1 N–H and O–H groups in total. The highest BCUT2D eigenvalue weighted by Gasteiger charge is 2.15. The minimum absolute atomic E-state index is 0.841. The maximum atomic E-state index is 4.67. The number of nitrogens with zero attached hydrogens (tertiary/aromatic N) is 1. The maximum absolute atomic E-state index is 4.67. The van der Waals surface area contributed by atoms with Crippen LogP contribution in [0.4, 0.5) is 0 Å². The molecule has 0 radical (unpaired) electrons. The summed E-state index contributed by atoms with van der Waals surface area (Å²) in [6.07, 6.45) is 8.09. The largest absolute Gasteiger partial charge is 0.342 e. The van der Waals surface area contributed by atoms with E-state index < -0.39 is 0 Å². The first kappa shape index (κ1) is 11.3. The number of H-pyrrole nitrogens is 1. The van der Waals surface area contributed by atoms with Gasteiger partial charge in [0.1, 0.15) is 5.82 Å². The molecule has 1 aromatic heterocycles. The Hall–Kier alpha value is -0.830. The Morgan fingerprint density at radius 1 is 1.24 bits per heavy atom. The molecule has 1 aliphatic carbocycles. The third-order valence-corrected chi connectivity index (χ3v) is 4.19. The highest BCUT2D eigenvalue weighted by atomic mass is 79.9. The number of aromatic amines is 1. The van der Waals surface area contributed by atoms with Crippen molar-refractivity contribution < 1.29 is 0 Å². The molecule has 1 aromatic carbocycles. The lowest BCUT2D eigenvalue weighted by atomic mass is 9.87. The molecule has 0 amide bonds. The summed E-state index contributed by atoms with van der Waals surface area (Å²) < 4.78 is 1.11. The fourth-order valence-electron chi connectivity index (χ4n) is 2.80. The van der Waals surface area contributed by atoms with Crippen molar-refractivity contribution in [2.75, 3.05) is 0 Å². The van der Waals surface area contributed by atoms with Crippen molar-refractivity contribution in [1.82, 2.24) is 9.97 Å². The molecule has 1 heterocycles. The van der Waals surface area contributed by atoms with E-state index in [1.165, 1.54) is 32.1 Å². The van der Waals surface area contributed by atoms with Crippen LogP contribution in [0.1, 0.15) is 37.9 Å². The van der Waals surface area contributed by atoms with E-state index in [2.05, 4.69) is 38.0 Å². The standard InChI is InChI=1S/C14H17BrN2/c15-11-6-7-12-13(9-11)17-14(16-12)8-10-4-2-1-3-5-10/h6-7,9-10H,1-5,8H2,(H,16,17). The number of aromatic nitrogens is 2. The SMILES string of the molecule is Brc1ccc2nc(CC3CCCCC3)[nH]c2c1. The zero-order valence-electron chi connectivity index (χ0n) is 9.88. The van der Waals surface area contributed by atoms with E-state index >= 15 is 0 Å². The minimum Gasteiger partial charge on any atom is -0.342 e. The molecule has 2 nitrogen and oxygen atoms in total. The van der Waals surface area contributed by atoms with Gasteiger partial charge >= 0.3 is 0 Å². The summed E-state index contributed by atoms with van der Waals surface area (Å²) in [7, 11) is 0. The summed E-state index contributed by atoms with van der Waals surface area (Å²) >= 11 is 3.49. The number of imidazole rings is 1. The molecule has 0 bridgehead atoms. The van der Waals surface area contributed by atoms with Gasteiger partial charge in [-0.15, -0.1) is 0 Å². The number of fused-ring (bicyclic) bond motifs is 1. The fraction of sp³-hybridized carbons (Fsp3) is 0.500. The quantitative estimate of drug-likeness (QED) is 0.870. The average molecular weight is 293 g/mol. The van der Waals surface area contributed by atoms with Crippen LogP contribution < -0.4 is 0 Å². The number of benzene rings is 1. The third kappa shape index (κ3) is 2.54. The number of hydrogen-bond acceptors (Lipinski definition) is 1. The Kier molecular flexibility index (Phi) is 3.19. The Balaban J connectivity index is 1.80. The summed E-state index contributed by atoms with van der Waals surface area (Å²) in [4.78, 5) is 8.11. The van der Waals surface area contributed by atoms with E-state index in [-0.39, 0.29) is 0 Å². The van der Waals surface area contributed by atoms with Crippen molar-refractivity contribution in [3.63, 3.8) is 0 Å². The number of nitrogens with one attached hydrogen (secondary N) is 1. The van der Waals surface area contributed by atoms with Crippen LogP contribution in [0.2, 0.25) is 0 Å². The van der Waals surface area contributed by atoms with E-state index in [0.717, 1.165) is 33.7 Å². The molecular formula is C14H17BrN2. The lowest BCUT2D eigenvalue weighted by Gasteiger charge is -2.20. The van der Waals surface area contributed by atoms with Crippen molar-refractivity contribution in [2.24, 2.45) is 5.92 Å². The lowest BCUT2D eigenvalue weighted by Crippen LogP contribution is -2.10. The minimum atomic E-state index is 0.841. The Labute approximate surface area is 110 Å². The van der Waals surface area contributed by atoms with Gasteiger partial charge in [-0.3, -0.25) is 0 Å². The second-order valence-corrected chi connectivity index (χ2v) is 5.97. The summed E-state index contributed by atoms with van der Waals surface area (Å²) in [6.45, 7) is 0. The van der Waals surface area contributed by atoms with Crippen LogP contribution in [0.3, 0.4) is 0 Å². The van der Waals surface area contributed by atoms with E-state index in [1.54, 1.807) is 0 Å². The van der Waals surface area contributed by atoms with Crippen molar-refractivity contribution >= 4 is 27.0 Å². The summed E-state index contributed by atoms with van der Waals surface area (Å²) in [5.74, 6) is 2.00. The molecule has 1 saturated carbocycles. The average Bonchev–Trinajstić information content (AvgIpc) is 2.71. The highest BCUT2D eigenvalue weighted by Crippen LogP contribution is 2.27. The van der Waals surface area contributed by atoms with Crippen LogP contribution in [0.25, 0.3) is 11.0 Å². The predicted octanol–water partition coefficient (Wildman–Crippen LogP) is 4.45. The summed E-state index contributed by atoms with van der Waals surface area (Å²) in [5.41, 5.74) is 2.23. The van der Waals surface area contributed by atoms with E-state index in [0.29, 0.717) is 0 Å². The second-order valence-electron chi connectivity index (χ2n) is 5.05. The van der Waals surface area contributed by atoms with Gasteiger partial charge in [-0.1, -0.05) is 48.0 Å². The zero-order chi connectivity index (χ0) is 11.7. The highest BCUT2D eigenvalue weighted by molar-refractivity contribution is 9.10. The van der Waals surface area contributed by atoms with Crippen molar-refractivity contribution in [3.05, 3.63) is 28.5 Å². The maximum Gasteiger partial charge on any atom is 0.107 e. The van der Waals surface area contributed by atoms with Gasteiger partial charge in [0.15, 0.2) is 0 Å². The molecular weight excluding hydrogens is 276 g/mol. The molecule has 1 fully saturated rings. The molecule has 0 aliphatic heterocycles. The van der Waals surface area contributed by atoms with Crippen LogP contribution in [0.5, 0.6) is 0 Å². The van der Waals surface area contributed by atoms with E-state index in [1.807, 2.05) is 6.07 Å². The van der Waals surface area contributed by atoms with Gasteiger partial charge in [0.25, 0.3) is 0 Å². The van der Waals surface area contributed by atoms with E-state index in [4.69, 9.17) is 0 Å². The fourth-order valence-corrected chi connectivity index (χ4v) is 3.16. The lowest BCUT2D eigenvalue weighted by molar-refractivity contribution is 0.352. The van der Waals surface area contributed by atoms with Gasteiger partial charge in [-0.25, -0.2) is 4.98 Å². The molecule has 0 spiro atoms. The zero-order valence-corrected chi connectivity index (χ0v) is 11.5. The van der Waals surface area contributed by atoms with Crippen molar-refractivity contribution in [1.29, 1.82) is 0 Å². The Bertz CT molecular complexity index is 512. The Morgan fingerprint density at radius 3 is 2.88 bits per heavy atom. The van der Waals surface area contributed by atoms with Crippen LogP contribution in [-0.2, 0) is 6.42 Å². The van der Waals surface area contributed by atoms with Crippen LogP contribution >= 0.6 is 15.9 Å². The normalized spacial score (nSPS) is 17.7. The molecule has 0 saturated heterocycles. The molecule has 1 aliphatic rings. The van der Waals surface area contributed by atoms with Gasteiger partial charge in [-0.05, 0) is 24.1 Å². The van der Waals surface area contributed by atoms with Gasteiger partial charge in [-0.2, -0.15) is 0 Å². The molecule has 0 atom stereocenters. The van der Waals surface area contributed by atoms with Gasteiger partial charge in [0.05, 0.1) is 11.0 Å². The molecule has 2 aromatic rings. The van der Waals surface area contributed by atoms with Crippen molar-refractivity contribution in [3.8, 4) is 0 Å². The first-order chi connectivity index (χ1) is 8.31.